The van der Waals surface area contributed by atoms with Gasteiger partial charge in [-0.1, -0.05) is 37.0 Å². The standard InChI is InChI=1S/C16H23NO3.C3H4/c1-4-5-9-14(12-13-16(19)20)10-7-6-8-11-15(18)17(2)3;1-3-2/h5,9,12H,4,6,8,11,13H2,1-3H3,(H,19,20);1H,2H3/b9-5-,14-12+;. The summed E-state index contributed by atoms with van der Waals surface area (Å²) in [7, 11) is 3.46. The summed E-state index contributed by atoms with van der Waals surface area (Å²) in [4.78, 5) is 23.4. The van der Waals surface area contributed by atoms with Crippen molar-refractivity contribution in [1.29, 1.82) is 0 Å². The van der Waals surface area contributed by atoms with Gasteiger partial charge in [-0.15, -0.1) is 12.3 Å². The van der Waals surface area contributed by atoms with Crippen molar-refractivity contribution in [3.63, 3.8) is 0 Å². The van der Waals surface area contributed by atoms with Crippen LogP contribution in [0.2, 0.25) is 0 Å². The number of rotatable bonds is 7. The zero-order chi connectivity index (χ0) is 18.1. The first-order chi connectivity index (χ1) is 10.9. The van der Waals surface area contributed by atoms with Crippen LogP contribution in [0.25, 0.3) is 0 Å². The van der Waals surface area contributed by atoms with Gasteiger partial charge >= 0.3 is 5.97 Å². The summed E-state index contributed by atoms with van der Waals surface area (Å²) in [6.07, 6.45) is 12.7. The Morgan fingerprint density at radius 3 is 2.39 bits per heavy atom. The van der Waals surface area contributed by atoms with Crippen LogP contribution in [0.3, 0.4) is 0 Å². The van der Waals surface area contributed by atoms with Gasteiger partial charge in [-0.2, -0.15) is 0 Å². The predicted octanol–water partition coefficient (Wildman–Crippen LogP) is 3.26. The van der Waals surface area contributed by atoms with Gasteiger partial charge in [-0.3, -0.25) is 9.59 Å². The molecule has 0 saturated carbocycles. The fourth-order valence-electron chi connectivity index (χ4n) is 1.32. The van der Waals surface area contributed by atoms with E-state index in [1.807, 2.05) is 19.1 Å². The fraction of sp³-hybridized carbons (Fsp3) is 0.474. The Hall–Kier alpha value is -2.46. The van der Waals surface area contributed by atoms with E-state index in [9.17, 15) is 9.59 Å². The molecule has 126 valence electrons. The van der Waals surface area contributed by atoms with Crippen molar-refractivity contribution in [3.05, 3.63) is 23.8 Å². The lowest BCUT2D eigenvalue weighted by Crippen LogP contribution is -2.20. The Balaban J connectivity index is 0. The normalized spacial score (nSPS) is 9.96. The third-order valence-corrected chi connectivity index (χ3v) is 2.45. The van der Waals surface area contributed by atoms with Crippen molar-refractivity contribution < 1.29 is 14.7 Å². The second kappa shape index (κ2) is 15.9. The average Bonchev–Trinajstić information content (AvgIpc) is 2.49. The number of carboxylic acid groups (broad SMARTS) is 1. The molecule has 23 heavy (non-hydrogen) atoms. The fourth-order valence-corrected chi connectivity index (χ4v) is 1.32. The molecular formula is C19H27NO3. The SMILES string of the molecule is C#CC.CC/C=C\C(C#CCCCC(=O)N(C)C)=C/CC(=O)O. The lowest BCUT2D eigenvalue weighted by atomic mass is 10.1. The summed E-state index contributed by atoms with van der Waals surface area (Å²) in [5.41, 5.74) is 0.716. The molecule has 0 bridgehead atoms. The molecule has 0 aromatic carbocycles. The number of hydrogen-bond acceptors (Lipinski definition) is 2. The number of carbonyl (C=O) groups excluding carboxylic acids is 1. The van der Waals surface area contributed by atoms with Crippen LogP contribution < -0.4 is 0 Å². The second-order valence-electron chi connectivity index (χ2n) is 4.80. The van der Waals surface area contributed by atoms with Crippen molar-refractivity contribution in [2.24, 2.45) is 0 Å². The third-order valence-electron chi connectivity index (χ3n) is 2.45. The van der Waals surface area contributed by atoms with Gasteiger partial charge in [-0.25, -0.2) is 0 Å². The average molecular weight is 317 g/mol. The molecule has 0 atom stereocenters. The van der Waals surface area contributed by atoms with Gasteiger partial charge in [0.15, 0.2) is 0 Å². The molecule has 1 amide bonds. The number of carbonyl (C=O) groups is 2. The molecule has 0 unspecified atom stereocenters. The van der Waals surface area contributed by atoms with Gasteiger partial charge in [-0.05, 0) is 19.8 Å². The maximum absolute atomic E-state index is 11.3. The van der Waals surface area contributed by atoms with Crippen molar-refractivity contribution in [3.8, 4) is 24.2 Å². The zero-order valence-corrected chi connectivity index (χ0v) is 14.6. The van der Waals surface area contributed by atoms with Crippen molar-refractivity contribution in [2.45, 2.75) is 46.0 Å². The van der Waals surface area contributed by atoms with E-state index in [-0.39, 0.29) is 12.3 Å². The minimum Gasteiger partial charge on any atom is -0.481 e. The summed E-state index contributed by atoms with van der Waals surface area (Å²) < 4.78 is 0. The second-order valence-corrected chi connectivity index (χ2v) is 4.80. The zero-order valence-electron chi connectivity index (χ0n) is 14.6. The molecule has 0 saturated heterocycles. The summed E-state index contributed by atoms with van der Waals surface area (Å²) in [5.74, 6) is 7.41. The topological polar surface area (TPSA) is 57.6 Å². The molecule has 4 heteroatoms. The Morgan fingerprint density at radius 1 is 1.30 bits per heavy atom. The van der Waals surface area contributed by atoms with Gasteiger partial charge in [0.1, 0.15) is 0 Å². The van der Waals surface area contributed by atoms with E-state index in [0.29, 0.717) is 24.8 Å². The molecule has 0 radical (unpaired) electrons. The van der Waals surface area contributed by atoms with Gasteiger partial charge in [0.2, 0.25) is 5.91 Å². The Bertz CT molecular complexity index is 511. The number of hydrogen-bond donors (Lipinski definition) is 1. The minimum atomic E-state index is -0.870. The van der Waals surface area contributed by atoms with Crippen molar-refractivity contribution in [2.75, 3.05) is 14.1 Å². The highest BCUT2D eigenvalue weighted by Crippen LogP contribution is 2.01. The molecule has 0 aliphatic heterocycles. The lowest BCUT2D eigenvalue weighted by molar-refractivity contribution is -0.136. The molecule has 4 nitrogen and oxygen atoms in total. The van der Waals surface area contributed by atoms with E-state index in [2.05, 4.69) is 24.2 Å². The van der Waals surface area contributed by atoms with E-state index < -0.39 is 5.97 Å². The molecule has 0 aliphatic rings. The molecule has 0 spiro atoms. The van der Waals surface area contributed by atoms with E-state index >= 15 is 0 Å². The van der Waals surface area contributed by atoms with Crippen LogP contribution in [0.5, 0.6) is 0 Å². The molecular weight excluding hydrogens is 290 g/mol. The molecule has 0 heterocycles. The van der Waals surface area contributed by atoms with Crippen LogP contribution in [0.1, 0.15) is 46.0 Å². The molecule has 0 aromatic heterocycles. The number of nitrogens with zero attached hydrogens (tertiary/aromatic N) is 1. The van der Waals surface area contributed by atoms with Crippen LogP contribution in [0.4, 0.5) is 0 Å². The number of carboxylic acids is 1. The highest BCUT2D eigenvalue weighted by Gasteiger charge is 2.01. The molecule has 0 fully saturated rings. The van der Waals surface area contributed by atoms with Crippen LogP contribution in [0, 0.1) is 24.2 Å². The van der Waals surface area contributed by atoms with Gasteiger partial charge in [0, 0.05) is 32.5 Å². The quantitative estimate of drug-likeness (QED) is 0.445. The minimum absolute atomic E-state index is 0.0306. The Labute approximate surface area is 140 Å². The van der Waals surface area contributed by atoms with Crippen LogP contribution in [-0.2, 0) is 9.59 Å². The molecule has 0 rings (SSSR count). The molecule has 0 aromatic rings. The summed E-state index contributed by atoms with van der Waals surface area (Å²) in [6.45, 7) is 3.66. The third kappa shape index (κ3) is 17.5. The first-order valence-electron chi connectivity index (χ1n) is 7.53. The van der Waals surface area contributed by atoms with Crippen molar-refractivity contribution in [1.82, 2.24) is 4.90 Å². The first-order valence-corrected chi connectivity index (χ1v) is 7.53. The maximum Gasteiger partial charge on any atom is 0.307 e. The van der Waals surface area contributed by atoms with Gasteiger partial charge in [0.25, 0.3) is 0 Å². The maximum atomic E-state index is 11.3. The van der Waals surface area contributed by atoms with Gasteiger partial charge < -0.3 is 10.0 Å². The van der Waals surface area contributed by atoms with E-state index in [1.54, 1.807) is 32.0 Å². The largest absolute Gasteiger partial charge is 0.481 e. The smallest absolute Gasteiger partial charge is 0.307 e. The lowest BCUT2D eigenvalue weighted by Gasteiger charge is -2.08. The number of unbranched alkanes of at least 4 members (excludes halogenated alkanes) is 1. The predicted molar refractivity (Wildman–Crippen MR) is 94.6 cm³/mol. The highest BCUT2D eigenvalue weighted by molar-refractivity contribution is 5.75. The Kier molecular flexibility index (Phi) is 15.8. The summed E-state index contributed by atoms with van der Waals surface area (Å²) in [6, 6.07) is 0. The van der Waals surface area contributed by atoms with Crippen LogP contribution in [0.15, 0.2) is 23.8 Å². The van der Waals surface area contributed by atoms with E-state index in [1.165, 1.54) is 0 Å². The van der Waals surface area contributed by atoms with Crippen LogP contribution in [-0.4, -0.2) is 36.0 Å². The Morgan fingerprint density at radius 2 is 1.91 bits per heavy atom. The highest BCUT2D eigenvalue weighted by atomic mass is 16.4. The molecule has 0 aliphatic carbocycles. The number of amides is 1. The summed E-state index contributed by atoms with van der Waals surface area (Å²) in [5, 5.41) is 8.65. The number of terminal acetylenes is 1. The van der Waals surface area contributed by atoms with Crippen LogP contribution >= 0.6 is 0 Å². The molecule has 1 N–H and O–H groups in total. The number of aliphatic carboxylic acids is 1. The van der Waals surface area contributed by atoms with E-state index in [0.717, 1.165) is 6.42 Å². The monoisotopic (exact) mass is 317 g/mol. The number of allylic oxidation sites excluding steroid dienone is 3. The van der Waals surface area contributed by atoms with E-state index in [4.69, 9.17) is 5.11 Å². The van der Waals surface area contributed by atoms with Crippen molar-refractivity contribution >= 4 is 11.9 Å². The van der Waals surface area contributed by atoms with Gasteiger partial charge in [0.05, 0.1) is 6.42 Å². The first kappa shape index (κ1) is 22.8. The summed E-state index contributed by atoms with van der Waals surface area (Å²) >= 11 is 0.